The molecular formula is C19H23ClN2O2. The molecule has 2 aliphatic rings. The van der Waals surface area contributed by atoms with Crippen LogP contribution in [0.2, 0.25) is 0 Å². The maximum Gasteiger partial charge on any atom is 0.260 e. The average molecular weight is 347 g/mol. The monoisotopic (exact) mass is 346 g/mol. The molecule has 1 N–H and O–H groups in total. The molecule has 5 heteroatoms. The van der Waals surface area contributed by atoms with E-state index in [1.807, 2.05) is 35.2 Å². The van der Waals surface area contributed by atoms with E-state index in [-0.39, 0.29) is 24.9 Å². The van der Waals surface area contributed by atoms with Crippen molar-refractivity contribution in [1.29, 1.82) is 0 Å². The van der Waals surface area contributed by atoms with Crippen molar-refractivity contribution in [2.75, 3.05) is 19.7 Å². The van der Waals surface area contributed by atoms with E-state index in [0.29, 0.717) is 12.1 Å². The smallest absolute Gasteiger partial charge is 0.260 e. The van der Waals surface area contributed by atoms with Crippen molar-refractivity contribution in [2.24, 2.45) is 0 Å². The van der Waals surface area contributed by atoms with Gasteiger partial charge in [-0.05, 0) is 30.7 Å². The molecule has 24 heavy (non-hydrogen) atoms. The lowest BCUT2D eigenvalue weighted by Gasteiger charge is -2.24. The minimum Gasteiger partial charge on any atom is -0.483 e. The molecule has 0 radical (unpaired) electrons. The molecule has 0 aliphatic carbocycles. The average Bonchev–Trinajstić information content (AvgIpc) is 2.91. The third-order valence-electron chi connectivity index (χ3n) is 4.98. The van der Waals surface area contributed by atoms with Crippen LogP contribution < -0.4 is 10.1 Å². The van der Waals surface area contributed by atoms with Crippen LogP contribution in [0.4, 0.5) is 0 Å². The fraction of sp³-hybridized carbons (Fsp3) is 0.421. The Morgan fingerprint density at radius 2 is 1.88 bits per heavy atom. The Hall–Kier alpha value is -1.78. The Labute approximate surface area is 148 Å². The van der Waals surface area contributed by atoms with Gasteiger partial charge in [-0.1, -0.05) is 36.4 Å². The summed E-state index contributed by atoms with van der Waals surface area (Å²) >= 11 is 0. The lowest BCUT2D eigenvalue weighted by atomic mass is 10.1. The molecule has 1 amide bonds. The van der Waals surface area contributed by atoms with Gasteiger partial charge in [0.1, 0.15) is 5.75 Å². The van der Waals surface area contributed by atoms with Gasteiger partial charge < -0.3 is 15.0 Å². The first-order valence-electron chi connectivity index (χ1n) is 8.44. The SMILES string of the molecule is Cl.O=C(COc1cccc2ccccc12)N1CCC2CCC(C1)N2. The van der Waals surface area contributed by atoms with Crippen molar-refractivity contribution in [2.45, 2.75) is 31.3 Å². The predicted octanol–water partition coefficient (Wildman–Crippen LogP) is 2.99. The maximum absolute atomic E-state index is 12.5. The second-order valence-electron chi connectivity index (χ2n) is 6.53. The second-order valence-corrected chi connectivity index (χ2v) is 6.53. The zero-order valence-electron chi connectivity index (χ0n) is 13.6. The number of ether oxygens (including phenoxy) is 1. The van der Waals surface area contributed by atoms with Gasteiger partial charge >= 0.3 is 0 Å². The number of fused-ring (bicyclic) bond motifs is 3. The van der Waals surface area contributed by atoms with E-state index in [1.54, 1.807) is 0 Å². The van der Waals surface area contributed by atoms with Crippen LogP contribution in [0, 0.1) is 0 Å². The fourth-order valence-electron chi connectivity index (χ4n) is 3.72. The summed E-state index contributed by atoms with van der Waals surface area (Å²) in [6.45, 7) is 1.77. The Morgan fingerprint density at radius 3 is 2.79 bits per heavy atom. The minimum atomic E-state index is 0. The first-order valence-corrected chi connectivity index (χ1v) is 8.44. The van der Waals surface area contributed by atoms with Gasteiger partial charge in [-0.15, -0.1) is 12.4 Å². The van der Waals surface area contributed by atoms with Gasteiger partial charge in [0, 0.05) is 30.6 Å². The number of nitrogens with zero attached hydrogens (tertiary/aromatic N) is 1. The normalized spacial score (nSPS) is 22.8. The van der Waals surface area contributed by atoms with E-state index in [2.05, 4.69) is 17.4 Å². The topological polar surface area (TPSA) is 41.6 Å². The highest BCUT2D eigenvalue weighted by atomic mass is 35.5. The number of halogens is 1. The molecule has 4 nitrogen and oxygen atoms in total. The first-order chi connectivity index (χ1) is 11.3. The van der Waals surface area contributed by atoms with E-state index >= 15 is 0 Å². The van der Waals surface area contributed by atoms with Crippen LogP contribution in [0.3, 0.4) is 0 Å². The number of nitrogens with one attached hydrogen (secondary N) is 1. The summed E-state index contributed by atoms with van der Waals surface area (Å²) < 4.78 is 5.84. The Kier molecular flexibility index (Phi) is 5.27. The lowest BCUT2D eigenvalue weighted by Crippen LogP contribution is -2.41. The summed E-state index contributed by atoms with van der Waals surface area (Å²) in [5.41, 5.74) is 0. The van der Waals surface area contributed by atoms with Crippen LogP contribution in [0.1, 0.15) is 19.3 Å². The summed E-state index contributed by atoms with van der Waals surface area (Å²) in [7, 11) is 0. The quantitative estimate of drug-likeness (QED) is 0.929. The Bertz CT molecular complexity index is 716. The molecule has 2 bridgehead atoms. The standard InChI is InChI=1S/C19H22N2O2.ClH/c22-19(21-11-10-15-8-9-16(12-21)20-15)13-23-18-7-3-5-14-4-1-2-6-17(14)18;/h1-7,15-16,20H,8-13H2;1H. The fourth-order valence-corrected chi connectivity index (χ4v) is 3.72. The van der Waals surface area contributed by atoms with Gasteiger partial charge in [0.15, 0.2) is 6.61 Å². The highest BCUT2D eigenvalue weighted by Crippen LogP contribution is 2.25. The minimum absolute atomic E-state index is 0. The van der Waals surface area contributed by atoms with E-state index < -0.39 is 0 Å². The van der Waals surface area contributed by atoms with Gasteiger partial charge in [-0.25, -0.2) is 0 Å². The number of benzene rings is 2. The number of carbonyl (C=O) groups excluding carboxylic acids is 1. The number of hydrogen-bond acceptors (Lipinski definition) is 3. The predicted molar refractivity (Wildman–Crippen MR) is 97.8 cm³/mol. The molecule has 0 spiro atoms. The van der Waals surface area contributed by atoms with E-state index in [0.717, 1.165) is 36.0 Å². The molecular weight excluding hydrogens is 324 g/mol. The second kappa shape index (κ2) is 7.41. The molecule has 4 rings (SSSR count). The van der Waals surface area contributed by atoms with E-state index in [4.69, 9.17) is 4.74 Å². The summed E-state index contributed by atoms with van der Waals surface area (Å²) in [5, 5.41) is 5.79. The van der Waals surface area contributed by atoms with E-state index in [1.165, 1.54) is 12.8 Å². The Morgan fingerprint density at radius 1 is 1.08 bits per heavy atom. The number of carbonyl (C=O) groups is 1. The molecule has 2 aliphatic heterocycles. The summed E-state index contributed by atoms with van der Waals surface area (Å²) in [6.07, 6.45) is 3.48. The van der Waals surface area contributed by atoms with Gasteiger partial charge in [0.2, 0.25) is 0 Å². The third kappa shape index (κ3) is 3.50. The summed E-state index contributed by atoms with van der Waals surface area (Å²) in [5.74, 6) is 0.873. The van der Waals surface area contributed by atoms with Crippen molar-refractivity contribution in [3.8, 4) is 5.75 Å². The van der Waals surface area contributed by atoms with Crippen LogP contribution >= 0.6 is 12.4 Å². The molecule has 2 aromatic rings. The third-order valence-corrected chi connectivity index (χ3v) is 4.98. The molecule has 2 saturated heterocycles. The molecule has 2 fully saturated rings. The number of amides is 1. The molecule has 2 aromatic carbocycles. The lowest BCUT2D eigenvalue weighted by molar-refractivity contribution is -0.133. The van der Waals surface area contributed by atoms with Gasteiger partial charge in [-0.3, -0.25) is 4.79 Å². The molecule has 2 heterocycles. The zero-order chi connectivity index (χ0) is 15.6. The van der Waals surface area contributed by atoms with Gasteiger partial charge in [0.05, 0.1) is 0 Å². The van der Waals surface area contributed by atoms with E-state index in [9.17, 15) is 4.79 Å². The van der Waals surface area contributed by atoms with Gasteiger partial charge in [0.25, 0.3) is 5.91 Å². The van der Waals surface area contributed by atoms with Crippen LogP contribution in [-0.2, 0) is 4.79 Å². The van der Waals surface area contributed by atoms with Crippen LogP contribution in [0.25, 0.3) is 10.8 Å². The zero-order valence-corrected chi connectivity index (χ0v) is 14.4. The van der Waals surface area contributed by atoms with Crippen LogP contribution in [0.15, 0.2) is 42.5 Å². The van der Waals surface area contributed by atoms with Crippen LogP contribution in [0.5, 0.6) is 5.75 Å². The van der Waals surface area contributed by atoms with Crippen molar-refractivity contribution in [1.82, 2.24) is 10.2 Å². The molecule has 0 saturated carbocycles. The molecule has 0 aromatic heterocycles. The molecule has 128 valence electrons. The van der Waals surface area contributed by atoms with Crippen molar-refractivity contribution < 1.29 is 9.53 Å². The maximum atomic E-state index is 12.5. The van der Waals surface area contributed by atoms with Crippen LogP contribution in [-0.4, -0.2) is 42.6 Å². The number of hydrogen-bond donors (Lipinski definition) is 1. The highest BCUT2D eigenvalue weighted by molar-refractivity contribution is 5.88. The van der Waals surface area contributed by atoms with Gasteiger partial charge in [-0.2, -0.15) is 0 Å². The number of likely N-dealkylation sites (tertiary alicyclic amines) is 1. The van der Waals surface area contributed by atoms with Crippen molar-refractivity contribution in [3.63, 3.8) is 0 Å². The Balaban J connectivity index is 0.00000169. The summed E-state index contributed by atoms with van der Waals surface area (Å²) in [6, 6.07) is 15.1. The molecule has 2 atom stereocenters. The highest BCUT2D eigenvalue weighted by Gasteiger charge is 2.31. The number of rotatable bonds is 3. The largest absolute Gasteiger partial charge is 0.483 e. The molecule has 2 unspecified atom stereocenters. The summed E-state index contributed by atoms with van der Waals surface area (Å²) in [4.78, 5) is 14.5. The first kappa shape index (κ1) is 17.1. The van der Waals surface area contributed by atoms with Crippen molar-refractivity contribution >= 4 is 29.1 Å². The van der Waals surface area contributed by atoms with Crippen molar-refractivity contribution in [3.05, 3.63) is 42.5 Å².